The van der Waals surface area contributed by atoms with Gasteiger partial charge in [0.25, 0.3) is 5.91 Å². The normalized spacial score (nSPS) is 10.5. The van der Waals surface area contributed by atoms with Crippen molar-refractivity contribution < 1.29 is 14.0 Å². The fourth-order valence-electron chi connectivity index (χ4n) is 2.91. The van der Waals surface area contributed by atoms with E-state index in [0.717, 1.165) is 23.2 Å². The lowest BCUT2D eigenvalue weighted by Crippen LogP contribution is -2.35. The lowest BCUT2D eigenvalue weighted by molar-refractivity contribution is -0.116. The van der Waals surface area contributed by atoms with E-state index >= 15 is 0 Å². The molecule has 3 aromatic rings. The van der Waals surface area contributed by atoms with Crippen LogP contribution in [0.4, 0.5) is 5.69 Å². The number of anilines is 1. The molecular weight excluding hydrogens is 354 g/mol. The van der Waals surface area contributed by atoms with E-state index in [4.69, 9.17) is 4.42 Å². The maximum atomic E-state index is 12.7. The molecule has 1 N–H and O–H groups in total. The minimum absolute atomic E-state index is 0.0795. The average molecular weight is 377 g/mol. The van der Waals surface area contributed by atoms with Crippen LogP contribution in [0, 0.1) is 6.92 Å². The number of hydrogen-bond acceptors (Lipinski definition) is 4. The van der Waals surface area contributed by atoms with Crippen molar-refractivity contribution in [3.63, 3.8) is 0 Å². The van der Waals surface area contributed by atoms with Gasteiger partial charge in [-0.2, -0.15) is 0 Å². The van der Waals surface area contributed by atoms with Gasteiger partial charge < -0.3 is 14.6 Å². The van der Waals surface area contributed by atoms with Crippen molar-refractivity contribution >= 4 is 17.5 Å². The Morgan fingerprint density at radius 2 is 1.75 bits per heavy atom. The number of carbonyl (C=O) groups is 2. The quantitative estimate of drug-likeness (QED) is 0.706. The number of oxazole rings is 1. The zero-order valence-corrected chi connectivity index (χ0v) is 16.2. The molecule has 6 heteroatoms. The maximum absolute atomic E-state index is 12.7. The SMILES string of the molecule is CCc1ccccc1NC(=O)CN(C)C(=O)c1nc(-c2ccccc2)oc1C. The first kappa shape index (κ1) is 19.4. The lowest BCUT2D eigenvalue weighted by Gasteiger charge is -2.16. The Balaban J connectivity index is 1.69. The molecule has 0 aliphatic rings. The molecule has 0 aliphatic heterocycles. The first-order valence-electron chi connectivity index (χ1n) is 9.15. The number of carbonyl (C=O) groups excluding carboxylic acids is 2. The maximum Gasteiger partial charge on any atom is 0.276 e. The minimum Gasteiger partial charge on any atom is -0.441 e. The largest absolute Gasteiger partial charge is 0.441 e. The van der Waals surface area contributed by atoms with Gasteiger partial charge in [-0.1, -0.05) is 43.3 Å². The fraction of sp³-hybridized carbons (Fsp3) is 0.227. The summed E-state index contributed by atoms with van der Waals surface area (Å²) in [5, 5.41) is 2.87. The molecule has 0 saturated heterocycles. The van der Waals surface area contributed by atoms with Crippen LogP contribution in [0.3, 0.4) is 0 Å². The molecule has 1 heterocycles. The number of rotatable bonds is 6. The highest BCUT2D eigenvalue weighted by Crippen LogP contribution is 2.22. The highest BCUT2D eigenvalue weighted by atomic mass is 16.4. The third-order valence-electron chi connectivity index (χ3n) is 4.42. The Bertz CT molecular complexity index is 980. The topological polar surface area (TPSA) is 75.4 Å². The summed E-state index contributed by atoms with van der Waals surface area (Å²) < 4.78 is 5.64. The molecule has 0 bridgehead atoms. The van der Waals surface area contributed by atoms with Gasteiger partial charge in [-0.25, -0.2) is 4.98 Å². The Morgan fingerprint density at radius 1 is 1.07 bits per heavy atom. The molecule has 2 aromatic carbocycles. The standard InChI is InChI=1S/C22H23N3O3/c1-4-16-10-8-9-13-18(16)23-19(26)14-25(3)22(27)20-15(2)28-21(24-20)17-11-6-5-7-12-17/h5-13H,4,14H2,1-3H3,(H,23,26). The Hall–Kier alpha value is -3.41. The summed E-state index contributed by atoms with van der Waals surface area (Å²) >= 11 is 0. The molecule has 0 saturated carbocycles. The summed E-state index contributed by atoms with van der Waals surface area (Å²) in [4.78, 5) is 30.8. The van der Waals surface area contributed by atoms with Gasteiger partial charge in [0.1, 0.15) is 5.76 Å². The first-order valence-corrected chi connectivity index (χ1v) is 9.15. The highest BCUT2D eigenvalue weighted by Gasteiger charge is 2.23. The summed E-state index contributed by atoms with van der Waals surface area (Å²) in [6.07, 6.45) is 0.811. The molecule has 0 atom stereocenters. The van der Waals surface area contributed by atoms with Crippen LogP contribution in [-0.4, -0.2) is 35.3 Å². The summed E-state index contributed by atoms with van der Waals surface area (Å²) in [5.74, 6) is 0.187. The fourth-order valence-corrected chi connectivity index (χ4v) is 2.91. The second-order valence-corrected chi connectivity index (χ2v) is 6.51. The summed E-state index contributed by atoms with van der Waals surface area (Å²) in [5.41, 5.74) is 2.81. The number of benzene rings is 2. The number of aryl methyl sites for hydroxylation is 2. The minimum atomic E-state index is -0.359. The number of nitrogens with one attached hydrogen (secondary N) is 1. The van der Waals surface area contributed by atoms with Gasteiger partial charge in [-0.05, 0) is 37.1 Å². The van der Waals surface area contributed by atoms with Crippen LogP contribution in [0.25, 0.3) is 11.5 Å². The number of hydrogen-bond donors (Lipinski definition) is 1. The third kappa shape index (κ3) is 4.28. The molecular formula is C22H23N3O3. The van der Waals surface area contributed by atoms with Crippen molar-refractivity contribution in [1.29, 1.82) is 0 Å². The smallest absolute Gasteiger partial charge is 0.276 e. The van der Waals surface area contributed by atoms with Crippen molar-refractivity contribution in [3.05, 3.63) is 71.6 Å². The molecule has 0 unspecified atom stereocenters. The van der Waals surface area contributed by atoms with Crippen molar-refractivity contribution in [2.45, 2.75) is 20.3 Å². The number of para-hydroxylation sites is 1. The number of likely N-dealkylation sites (N-methyl/N-ethyl adjacent to an activating group) is 1. The molecule has 3 rings (SSSR count). The van der Waals surface area contributed by atoms with E-state index in [0.29, 0.717) is 11.7 Å². The van der Waals surface area contributed by atoms with E-state index < -0.39 is 0 Å². The molecule has 0 fully saturated rings. The second kappa shape index (κ2) is 8.52. The molecule has 1 aromatic heterocycles. The number of amides is 2. The van der Waals surface area contributed by atoms with Gasteiger partial charge >= 0.3 is 0 Å². The van der Waals surface area contributed by atoms with Crippen LogP contribution < -0.4 is 5.32 Å². The van der Waals surface area contributed by atoms with E-state index in [1.165, 1.54) is 4.90 Å². The van der Waals surface area contributed by atoms with Gasteiger partial charge in [0.15, 0.2) is 5.69 Å². The van der Waals surface area contributed by atoms with Crippen LogP contribution >= 0.6 is 0 Å². The molecule has 28 heavy (non-hydrogen) atoms. The van der Waals surface area contributed by atoms with Crippen LogP contribution in [-0.2, 0) is 11.2 Å². The second-order valence-electron chi connectivity index (χ2n) is 6.51. The van der Waals surface area contributed by atoms with E-state index in [9.17, 15) is 9.59 Å². The van der Waals surface area contributed by atoms with E-state index in [-0.39, 0.29) is 24.1 Å². The highest BCUT2D eigenvalue weighted by molar-refractivity contribution is 5.99. The van der Waals surface area contributed by atoms with E-state index in [1.807, 2.05) is 61.5 Å². The van der Waals surface area contributed by atoms with Crippen LogP contribution in [0.15, 0.2) is 59.0 Å². The summed E-state index contributed by atoms with van der Waals surface area (Å²) in [6, 6.07) is 17.0. The summed E-state index contributed by atoms with van der Waals surface area (Å²) in [7, 11) is 1.57. The van der Waals surface area contributed by atoms with Crippen molar-refractivity contribution in [3.8, 4) is 11.5 Å². The van der Waals surface area contributed by atoms with Gasteiger partial charge in [0, 0.05) is 18.3 Å². The summed E-state index contributed by atoms with van der Waals surface area (Å²) in [6.45, 7) is 3.64. The van der Waals surface area contributed by atoms with E-state index in [1.54, 1.807) is 14.0 Å². The van der Waals surface area contributed by atoms with Gasteiger partial charge in [-0.3, -0.25) is 9.59 Å². The number of nitrogens with zero attached hydrogens (tertiary/aromatic N) is 2. The number of aromatic nitrogens is 1. The molecule has 0 aliphatic carbocycles. The zero-order chi connectivity index (χ0) is 20.1. The van der Waals surface area contributed by atoms with Crippen LogP contribution in [0.2, 0.25) is 0 Å². The lowest BCUT2D eigenvalue weighted by atomic mass is 10.1. The molecule has 144 valence electrons. The first-order chi connectivity index (χ1) is 13.5. The third-order valence-corrected chi connectivity index (χ3v) is 4.42. The Labute approximate surface area is 164 Å². The van der Waals surface area contributed by atoms with Crippen LogP contribution in [0.1, 0.15) is 28.7 Å². The molecule has 6 nitrogen and oxygen atoms in total. The van der Waals surface area contributed by atoms with Crippen molar-refractivity contribution in [2.75, 3.05) is 18.9 Å². The molecule has 2 amide bonds. The Morgan fingerprint density at radius 3 is 2.46 bits per heavy atom. The van der Waals surface area contributed by atoms with Crippen LogP contribution in [0.5, 0.6) is 0 Å². The average Bonchev–Trinajstić information content (AvgIpc) is 3.10. The zero-order valence-electron chi connectivity index (χ0n) is 16.2. The molecule has 0 spiro atoms. The van der Waals surface area contributed by atoms with E-state index in [2.05, 4.69) is 10.3 Å². The van der Waals surface area contributed by atoms with Gasteiger partial charge in [0.05, 0.1) is 6.54 Å². The monoisotopic (exact) mass is 377 g/mol. The van der Waals surface area contributed by atoms with Gasteiger partial charge in [0.2, 0.25) is 11.8 Å². The predicted octanol–water partition coefficient (Wildman–Crippen LogP) is 3.92. The predicted molar refractivity (Wildman–Crippen MR) is 108 cm³/mol. The molecule has 0 radical (unpaired) electrons. The van der Waals surface area contributed by atoms with Crippen molar-refractivity contribution in [2.24, 2.45) is 0 Å². The van der Waals surface area contributed by atoms with Crippen molar-refractivity contribution in [1.82, 2.24) is 9.88 Å². The van der Waals surface area contributed by atoms with Gasteiger partial charge in [-0.15, -0.1) is 0 Å². The Kier molecular flexibility index (Phi) is 5.89.